The lowest BCUT2D eigenvalue weighted by molar-refractivity contribution is 0.102. The van der Waals surface area contributed by atoms with Gasteiger partial charge in [-0.25, -0.2) is 9.37 Å². The van der Waals surface area contributed by atoms with Crippen molar-refractivity contribution in [1.82, 2.24) is 9.88 Å². The van der Waals surface area contributed by atoms with Crippen LogP contribution in [0.5, 0.6) is 0 Å². The molecule has 8 heteroatoms. The van der Waals surface area contributed by atoms with Gasteiger partial charge in [0.1, 0.15) is 17.3 Å². The average molecular weight is 522 g/mol. The molecule has 0 radical (unpaired) electrons. The summed E-state index contributed by atoms with van der Waals surface area (Å²) in [6, 6.07) is 15.2. The number of furan rings is 1. The maximum absolute atomic E-state index is 14.0. The van der Waals surface area contributed by atoms with E-state index in [0.29, 0.717) is 27.9 Å². The number of carbonyl (C=O) groups excluding carboxylic acids is 1. The van der Waals surface area contributed by atoms with Crippen molar-refractivity contribution in [2.24, 2.45) is 0 Å². The molecule has 4 aromatic rings. The number of hydrogen-bond donors (Lipinski definition) is 1. The summed E-state index contributed by atoms with van der Waals surface area (Å²) in [6.45, 7) is 2.84. The summed E-state index contributed by atoms with van der Waals surface area (Å²) in [7, 11) is 0. The largest absolute Gasteiger partial charge is 0.465 e. The zero-order valence-electron chi connectivity index (χ0n) is 19.5. The van der Waals surface area contributed by atoms with Gasteiger partial charge in [-0.2, -0.15) is 0 Å². The minimum absolute atomic E-state index is 0.306. The van der Waals surface area contributed by atoms with Crippen LogP contribution in [0, 0.1) is 5.82 Å². The first-order valence-corrected chi connectivity index (χ1v) is 13.1. The molecule has 0 atom stereocenters. The highest BCUT2D eigenvalue weighted by atomic mass is 35.5. The molecule has 1 N–H and O–H groups in total. The number of anilines is 1. The molecule has 1 fully saturated rings. The van der Waals surface area contributed by atoms with Crippen molar-refractivity contribution in [2.45, 2.75) is 18.8 Å². The molecule has 3 heterocycles. The number of nitrogens with zero attached hydrogens (tertiary/aromatic N) is 2. The van der Waals surface area contributed by atoms with Crippen molar-refractivity contribution in [3.63, 3.8) is 0 Å². The third kappa shape index (κ3) is 5.93. The molecule has 1 aliphatic rings. The molecule has 1 saturated heterocycles. The minimum atomic E-state index is -0.378. The van der Waals surface area contributed by atoms with Gasteiger partial charge in [0.15, 0.2) is 0 Å². The van der Waals surface area contributed by atoms with Crippen LogP contribution in [-0.2, 0) is 0 Å². The predicted octanol–water partition coefficient (Wildman–Crippen LogP) is 7.34. The van der Waals surface area contributed by atoms with Gasteiger partial charge in [-0.3, -0.25) is 9.69 Å². The van der Waals surface area contributed by atoms with Crippen molar-refractivity contribution < 1.29 is 13.6 Å². The number of halogens is 2. The third-order valence-electron chi connectivity index (χ3n) is 6.27. The number of carbonyl (C=O) groups is 1. The summed E-state index contributed by atoms with van der Waals surface area (Å²) in [5.74, 6) is 0.521. The predicted molar refractivity (Wildman–Crippen MR) is 143 cm³/mol. The van der Waals surface area contributed by atoms with Crippen molar-refractivity contribution in [1.29, 1.82) is 0 Å². The Morgan fingerprint density at radius 3 is 2.75 bits per heavy atom. The summed E-state index contributed by atoms with van der Waals surface area (Å²) >= 11 is 7.52. The fourth-order valence-electron chi connectivity index (χ4n) is 4.33. The molecule has 2 aromatic carbocycles. The normalized spacial score (nSPS) is 14.9. The van der Waals surface area contributed by atoms with Gasteiger partial charge in [-0.1, -0.05) is 29.8 Å². The number of thiazole rings is 1. The number of nitrogens with one attached hydrogen (secondary N) is 1. The number of aromatic nitrogens is 1. The lowest BCUT2D eigenvalue weighted by Crippen LogP contribution is -2.33. The topological polar surface area (TPSA) is 58.4 Å². The molecule has 0 bridgehead atoms. The van der Waals surface area contributed by atoms with E-state index >= 15 is 0 Å². The Hall–Kier alpha value is -3.26. The number of hydrogen-bond acceptors (Lipinski definition) is 5. The van der Waals surface area contributed by atoms with Crippen LogP contribution in [0.2, 0.25) is 5.02 Å². The van der Waals surface area contributed by atoms with Crippen LogP contribution in [0.3, 0.4) is 0 Å². The fourth-order valence-corrected chi connectivity index (χ4v) is 5.42. The molecular weight excluding hydrogens is 497 g/mol. The van der Waals surface area contributed by atoms with Gasteiger partial charge in [-0.05, 0) is 80.0 Å². The van der Waals surface area contributed by atoms with E-state index in [1.165, 1.54) is 23.5 Å². The van der Waals surface area contributed by atoms with E-state index in [-0.39, 0.29) is 11.7 Å². The minimum Gasteiger partial charge on any atom is -0.465 e. The van der Waals surface area contributed by atoms with Crippen LogP contribution in [0.1, 0.15) is 40.0 Å². The zero-order chi connectivity index (χ0) is 24.9. The Morgan fingerprint density at radius 2 is 2.00 bits per heavy atom. The van der Waals surface area contributed by atoms with Gasteiger partial charge in [0.2, 0.25) is 0 Å². The Morgan fingerprint density at radius 1 is 1.19 bits per heavy atom. The lowest BCUT2D eigenvalue weighted by Gasteiger charge is -2.30. The summed E-state index contributed by atoms with van der Waals surface area (Å²) < 4.78 is 19.3. The van der Waals surface area contributed by atoms with Gasteiger partial charge in [0.05, 0.1) is 11.3 Å². The van der Waals surface area contributed by atoms with Crippen molar-refractivity contribution in [3.8, 4) is 11.1 Å². The van der Waals surface area contributed by atoms with Crippen molar-refractivity contribution in [2.75, 3.05) is 25.0 Å². The van der Waals surface area contributed by atoms with Gasteiger partial charge in [0, 0.05) is 34.1 Å². The molecule has 184 valence electrons. The van der Waals surface area contributed by atoms with E-state index < -0.39 is 0 Å². The highest BCUT2D eigenvalue weighted by molar-refractivity contribution is 7.10. The first-order valence-electron chi connectivity index (χ1n) is 11.8. The van der Waals surface area contributed by atoms with E-state index in [1.807, 2.05) is 18.2 Å². The Labute approximate surface area is 218 Å². The standard InChI is InChI=1S/C28H25ClFN3O2S/c29-21-7-5-19(6-8-21)24-17-22(30)9-10-25(24)31-27(34)26-18-36-28(32-26)20-11-14-33(15-12-20)13-1-3-23-4-2-16-35-23/h1-10,16-18,20H,11-15H2,(H,31,34). The monoisotopic (exact) mass is 521 g/mol. The second kappa shape index (κ2) is 11.2. The second-order valence-corrected chi connectivity index (χ2v) is 10.0. The van der Waals surface area contributed by atoms with E-state index in [1.54, 1.807) is 42.0 Å². The Bertz CT molecular complexity index is 1340. The molecule has 5 rings (SSSR count). The molecule has 0 spiro atoms. The first kappa shape index (κ1) is 24.4. The maximum atomic E-state index is 14.0. The maximum Gasteiger partial charge on any atom is 0.275 e. The number of piperidine rings is 1. The molecular formula is C28H25ClFN3O2S. The number of benzene rings is 2. The molecule has 0 saturated carbocycles. The average Bonchev–Trinajstić information content (AvgIpc) is 3.59. The highest BCUT2D eigenvalue weighted by Crippen LogP contribution is 2.32. The second-order valence-electron chi connectivity index (χ2n) is 8.71. The summed E-state index contributed by atoms with van der Waals surface area (Å²) in [6.07, 6.45) is 7.80. The molecule has 0 aliphatic carbocycles. The van der Waals surface area contributed by atoms with E-state index in [0.717, 1.165) is 48.8 Å². The summed E-state index contributed by atoms with van der Waals surface area (Å²) in [5, 5.41) is 6.29. The van der Waals surface area contributed by atoms with Crippen LogP contribution in [-0.4, -0.2) is 35.4 Å². The molecule has 2 aromatic heterocycles. The fraction of sp³-hybridized carbons (Fsp3) is 0.214. The smallest absolute Gasteiger partial charge is 0.275 e. The van der Waals surface area contributed by atoms with Gasteiger partial charge in [-0.15, -0.1) is 11.3 Å². The van der Waals surface area contributed by atoms with Gasteiger partial charge < -0.3 is 9.73 Å². The van der Waals surface area contributed by atoms with E-state index in [2.05, 4.69) is 21.3 Å². The lowest BCUT2D eigenvalue weighted by atomic mass is 9.97. The molecule has 1 aliphatic heterocycles. The Kier molecular flexibility index (Phi) is 7.60. The first-order chi connectivity index (χ1) is 17.5. The quantitative estimate of drug-likeness (QED) is 0.276. The van der Waals surface area contributed by atoms with E-state index in [4.69, 9.17) is 16.0 Å². The van der Waals surface area contributed by atoms with Crippen LogP contribution >= 0.6 is 22.9 Å². The highest BCUT2D eigenvalue weighted by Gasteiger charge is 2.24. The summed E-state index contributed by atoms with van der Waals surface area (Å²) in [5.41, 5.74) is 2.25. The van der Waals surface area contributed by atoms with Crippen LogP contribution in [0.15, 0.2) is 76.7 Å². The number of rotatable bonds is 7. The van der Waals surface area contributed by atoms with Crippen molar-refractivity contribution in [3.05, 3.63) is 99.6 Å². The van der Waals surface area contributed by atoms with Crippen molar-refractivity contribution >= 4 is 40.6 Å². The van der Waals surface area contributed by atoms with Crippen LogP contribution in [0.25, 0.3) is 17.2 Å². The number of likely N-dealkylation sites (tertiary alicyclic amines) is 1. The van der Waals surface area contributed by atoms with Crippen LogP contribution < -0.4 is 5.32 Å². The zero-order valence-corrected chi connectivity index (χ0v) is 21.1. The van der Waals surface area contributed by atoms with Gasteiger partial charge >= 0.3 is 0 Å². The molecule has 36 heavy (non-hydrogen) atoms. The van der Waals surface area contributed by atoms with E-state index in [9.17, 15) is 9.18 Å². The third-order valence-corrected chi connectivity index (χ3v) is 7.52. The molecule has 0 unspecified atom stereocenters. The SMILES string of the molecule is O=C(Nc1ccc(F)cc1-c1ccc(Cl)cc1)c1csc(C2CCN(CC=Cc3ccco3)CC2)n1. The van der Waals surface area contributed by atoms with Gasteiger partial charge in [0.25, 0.3) is 5.91 Å². The molecule has 5 nitrogen and oxygen atoms in total. The molecule has 1 amide bonds. The summed E-state index contributed by atoms with van der Waals surface area (Å²) in [4.78, 5) is 20.1. The Balaban J connectivity index is 1.20. The number of amides is 1. The van der Waals surface area contributed by atoms with Crippen LogP contribution in [0.4, 0.5) is 10.1 Å².